The molecule has 8 heteroatoms. The van der Waals surface area contributed by atoms with Gasteiger partial charge in [0.2, 0.25) is 21.8 Å². The molecule has 1 saturated carbocycles. The van der Waals surface area contributed by atoms with Crippen molar-refractivity contribution in [2.45, 2.75) is 56.4 Å². The second-order valence-electron chi connectivity index (χ2n) is 8.79. The first-order chi connectivity index (χ1) is 14.4. The van der Waals surface area contributed by atoms with Gasteiger partial charge in [-0.3, -0.25) is 9.59 Å². The van der Waals surface area contributed by atoms with E-state index in [0.29, 0.717) is 50.0 Å². The predicted octanol–water partition coefficient (Wildman–Crippen LogP) is 1.78. The van der Waals surface area contributed by atoms with Crippen LogP contribution in [0.1, 0.15) is 44.6 Å². The van der Waals surface area contributed by atoms with E-state index in [1.165, 1.54) is 0 Å². The lowest BCUT2D eigenvalue weighted by Crippen LogP contribution is -2.42. The molecular formula is C22H31N3O4S. The molecule has 0 radical (unpaired) electrons. The topological polar surface area (TPSA) is 86.8 Å². The molecule has 1 aromatic rings. The molecular weight excluding hydrogens is 402 g/mol. The van der Waals surface area contributed by atoms with Crippen LogP contribution in [0.5, 0.6) is 0 Å². The van der Waals surface area contributed by atoms with Crippen molar-refractivity contribution in [1.82, 2.24) is 14.5 Å². The molecule has 0 spiro atoms. The number of rotatable bonds is 7. The summed E-state index contributed by atoms with van der Waals surface area (Å²) in [5.41, 5.74) is 0.845. The molecule has 1 atom stereocenters. The van der Waals surface area contributed by atoms with E-state index in [0.717, 1.165) is 31.2 Å². The molecule has 2 aliphatic heterocycles. The SMILES string of the molecule is CCc1ccccc1S(=O)(=O)N1CCC(CN2CC(C(=O)NC3CC3)CC2=O)CC1. The quantitative estimate of drug-likeness (QED) is 0.710. The zero-order valence-corrected chi connectivity index (χ0v) is 18.4. The summed E-state index contributed by atoms with van der Waals surface area (Å²) in [6.07, 6.45) is 4.52. The van der Waals surface area contributed by atoms with Crippen LogP contribution in [0.3, 0.4) is 0 Å². The van der Waals surface area contributed by atoms with Gasteiger partial charge < -0.3 is 10.2 Å². The smallest absolute Gasteiger partial charge is 0.243 e. The van der Waals surface area contributed by atoms with Crippen molar-refractivity contribution in [2.24, 2.45) is 11.8 Å². The predicted molar refractivity (Wildman–Crippen MR) is 113 cm³/mol. The highest BCUT2D eigenvalue weighted by Crippen LogP contribution is 2.29. The van der Waals surface area contributed by atoms with Gasteiger partial charge in [-0.05, 0) is 49.7 Å². The molecule has 7 nitrogen and oxygen atoms in total. The van der Waals surface area contributed by atoms with Gasteiger partial charge in [0.1, 0.15) is 0 Å². The van der Waals surface area contributed by atoms with E-state index in [9.17, 15) is 18.0 Å². The Bertz CT molecular complexity index is 905. The van der Waals surface area contributed by atoms with Gasteiger partial charge in [-0.1, -0.05) is 25.1 Å². The molecule has 3 fully saturated rings. The number of carbonyl (C=O) groups is 2. The Hall–Kier alpha value is -1.93. The van der Waals surface area contributed by atoms with E-state index >= 15 is 0 Å². The Morgan fingerprint density at radius 3 is 2.50 bits per heavy atom. The molecule has 3 aliphatic rings. The number of benzene rings is 1. The van der Waals surface area contributed by atoms with E-state index in [2.05, 4.69) is 5.32 Å². The maximum Gasteiger partial charge on any atom is 0.243 e. The summed E-state index contributed by atoms with van der Waals surface area (Å²) in [4.78, 5) is 26.9. The summed E-state index contributed by atoms with van der Waals surface area (Å²) >= 11 is 0. The minimum atomic E-state index is -3.49. The number of nitrogens with zero attached hydrogens (tertiary/aromatic N) is 2. The Morgan fingerprint density at radius 1 is 1.13 bits per heavy atom. The number of carbonyl (C=O) groups excluding carboxylic acids is 2. The average molecular weight is 434 g/mol. The minimum Gasteiger partial charge on any atom is -0.353 e. The normalized spacial score (nSPS) is 23.7. The number of piperidine rings is 1. The summed E-state index contributed by atoms with van der Waals surface area (Å²) in [6, 6.07) is 7.51. The van der Waals surface area contributed by atoms with Crippen LogP contribution in [0.15, 0.2) is 29.2 Å². The lowest BCUT2D eigenvalue weighted by atomic mass is 9.97. The first-order valence-corrected chi connectivity index (χ1v) is 12.5. The molecule has 1 N–H and O–H groups in total. The lowest BCUT2D eigenvalue weighted by molar-refractivity contribution is -0.129. The third-order valence-corrected chi connectivity index (χ3v) is 8.53. The van der Waals surface area contributed by atoms with E-state index in [4.69, 9.17) is 0 Å². The highest BCUT2D eigenvalue weighted by atomic mass is 32.2. The molecule has 2 saturated heterocycles. The van der Waals surface area contributed by atoms with E-state index in [-0.39, 0.29) is 23.7 Å². The second-order valence-corrected chi connectivity index (χ2v) is 10.7. The summed E-state index contributed by atoms with van der Waals surface area (Å²) in [6.45, 7) is 4.01. The zero-order valence-electron chi connectivity index (χ0n) is 17.5. The number of amides is 2. The fourth-order valence-corrected chi connectivity index (χ4v) is 6.27. The van der Waals surface area contributed by atoms with Crippen LogP contribution < -0.4 is 5.32 Å². The average Bonchev–Trinajstić information content (AvgIpc) is 3.49. The Morgan fingerprint density at radius 2 is 1.83 bits per heavy atom. The Balaban J connectivity index is 1.31. The molecule has 0 bridgehead atoms. The molecule has 4 rings (SSSR count). The second kappa shape index (κ2) is 8.67. The molecule has 1 aliphatic carbocycles. The number of sulfonamides is 1. The van der Waals surface area contributed by atoms with Crippen LogP contribution in [-0.2, 0) is 26.0 Å². The van der Waals surface area contributed by atoms with Gasteiger partial charge in [0.25, 0.3) is 0 Å². The minimum absolute atomic E-state index is 0.00357. The van der Waals surface area contributed by atoms with Gasteiger partial charge in [-0.25, -0.2) is 8.42 Å². The van der Waals surface area contributed by atoms with Crippen molar-refractivity contribution >= 4 is 21.8 Å². The molecule has 164 valence electrons. The van der Waals surface area contributed by atoms with Gasteiger partial charge in [0, 0.05) is 38.6 Å². The van der Waals surface area contributed by atoms with Crippen LogP contribution >= 0.6 is 0 Å². The molecule has 30 heavy (non-hydrogen) atoms. The van der Waals surface area contributed by atoms with Crippen molar-refractivity contribution in [2.75, 3.05) is 26.2 Å². The number of hydrogen-bond acceptors (Lipinski definition) is 4. The van der Waals surface area contributed by atoms with Crippen molar-refractivity contribution in [3.05, 3.63) is 29.8 Å². The summed E-state index contributed by atoms with van der Waals surface area (Å²) in [5, 5.41) is 3.00. The van der Waals surface area contributed by atoms with E-state index in [1.807, 2.05) is 19.1 Å². The third-order valence-electron chi connectivity index (χ3n) is 6.53. The van der Waals surface area contributed by atoms with Crippen molar-refractivity contribution < 1.29 is 18.0 Å². The highest BCUT2D eigenvalue weighted by molar-refractivity contribution is 7.89. The molecule has 2 amide bonds. The summed E-state index contributed by atoms with van der Waals surface area (Å²) < 4.78 is 27.8. The van der Waals surface area contributed by atoms with Gasteiger partial charge in [0.15, 0.2) is 0 Å². The van der Waals surface area contributed by atoms with Gasteiger partial charge in [0.05, 0.1) is 10.8 Å². The van der Waals surface area contributed by atoms with Crippen LogP contribution in [0.2, 0.25) is 0 Å². The van der Waals surface area contributed by atoms with E-state index in [1.54, 1.807) is 21.3 Å². The monoisotopic (exact) mass is 433 g/mol. The number of likely N-dealkylation sites (tertiary alicyclic amines) is 1. The first kappa shape index (κ1) is 21.3. The van der Waals surface area contributed by atoms with Crippen LogP contribution in [-0.4, -0.2) is 61.7 Å². The van der Waals surface area contributed by atoms with Crippen molar-refractivity contribution in [3.8, 4) is 0 Å². The maximum absolute atomic E-state index is 13.1. The maximum atomic E-state index is 13.1. The van der Waals surface area contributed by atoms with Crippen molar-refractivity contribution in [1.29, 1.82) is 0 Å². The number of aryl methyl sites for hydroxylation is 1. The zero-order chi connectivity index (χ0) is 21.3. The van der Waals surface area contributed by atoms with Gasteiger partial charge in [-0.15, -0.1) is 0 Å². The highest BCUT2D eigenvalue weighted by Gasteiger charge is 2.38. The summed E-state index contributed by atoms with van der Waals surface area (Å²) in [5.74, 6) is 0.0675. The van der Waals surface area contributed by atoms with Crippen LogP contribution in [0.25, 0.3) is 0 Å². The third kappa shape index (κ3) is 4.54. The van der Waals surface area contributed by atoms with Gasteiger partial charge >= 0.3 is 0 Å². The summed E-state index contributed by atoms with van der Waals surface area (Å²) in [7, 11) is -3.49. The van der Waals surface area contributed by atoms with E-state index < -0.39 is 10.0 Å². The first-order valence-electron chi connectivity index (χ1n) is 11.0. The fraction of sp³-hybridized carbons (Fsp3) is 0.636. The Kier molecular flexibility index (Phi) is 6.16. The van der Waals surface area contributed by atoms with Crippen molar-refractivity contribution in [3.63, 3.8) is 0 Å². The van der Waals surface area contributed by atoms with Gasteiger partial charge in [-0.2, -0.15) is 4.31 Å². The fourth-order valence-electron chi connectivity index (χ4n) is 4.50. The lowest BCUT2D eigenvalue weighted by Gasteiger charge is -2.33. The molecule has 2 heterocycles. The number of nitrogens with one attached hydrogen (secondary N) is 1. The molecule has 0 aromatic heterocycles. The number of hydrogen-bond donors (Lipinski definition) is 1. The Labute approximate surface area is 178 Å². The molecule has 1 unspecified atom stereocenters. The molecule has 1 aromatic carbocycles. The largest absolute Gasteiger partial charge is 0.353 e. The standard InChI is InChI=1S/C22H31N3O4S/c1-2-17-5-3-4-6-20(17)30(28,29)25-11-9-16(10-12-25)14-24-15-18(13-21(24)26)22(27)23-19-7-8-19/h3-6,16,18-19H,2,7-15H2,1H3,(H,23,27). The van der Waals surface area contributed by atoms with Crippen LogP contribution in [0, 0.1) is 11.8 Å². The van der Waals surface area contributed by atoms with Crippen LogP contribution in [0.4, 0.5) is 0 Å².